The number of aromatic nitrogens is 2. The molecule has 3 rings (SSSR count). The predicted octanol–water partition coefficient (Wildman–Crippen LogP) is 1.97. The number of fused-ring (bicyclic) bond motifs is 1. The van der Waals surface area contributed by atoms with Crippen molar-refractivity contribution < 1.29 is 14.1 Å². The van der Waals surface area contributed by atoms with Crippen LogP contribution in [0, 0.1) is 0 Å². The summed E-state index contributed by atoms with van der Waals surface area (Å²) in [5.41, 5.74) is 2.88. The highest BCUT2D eigenvalue weighted by Crippen LogP contribution is 2.25. The topological polar surface area (TPSA) is 80.2 Å². The molecule has 108 valence electrons. The third-order valence-electron chi connectivity index (χ3n) is 3.63. The van der Waals surface area contributed by atoms with Crippen molar-refractivity contribution in [3.63, 3.8) is 0 Å². The van der Waals surface area contributed by atoms with Gasteiger partial charge in [0.15, 0.2) is 0 Å². The van der Waals surface area contributed by atoms with Gasteiger partial charge in [0.25, 0.3) is 0 Å². The molecule has 1 aliphatic carbocycles. The Hall–Kier alpha value is -2.08. The molecular weight excluding hydrogens is 288 g/mol. The number of carbonyl (C=O) groups is 1. The number of aromatic carboxylic acids is 1. The zero-order chi connectivity index (χ0) is 14.8. The van der Waals surface area contributed by atoms with Crippen LogP contribution in [0.5, 0.6) is 0 Å². The van der Waals surface area contributed by atoms with Crippen LogP contribution in [0.15, 0.2) is 35.6 Å². The summed E-state index contributed by atoms with van der Waals surface area (Å²) in [6.07, 6.45) is 5.76. The average molecular weight is 302 g/mol. The van der Waals surface area contributed by atoms with Gasteiger partial charge in [-0.3, -0.25) is 4.21 Å². The Morgan fingerprint density at radius 1 is 1.29 bits per heavy atom. The molecule has 1 atom stereocenters. The fourth-order valence-electron chi connectivity index (χ4n) is 2.55. The number of rotatable bonds is 4. The maximum atomic E-state index is 12.4. The first kappa shape index (κ1) is 13.9. The molecule has 1 heterocycles. The predicted molar refractivity (Wildman–Crippen MR) is 77.6 cm³/mol. The van der Waals surface area contributed by atoms with Crippen molar-refractivity contribution in [1.82, 2.24) is 9.97 Å². The number of aryl methyl sites for hydroxylation is 2. The lowest BCUT2D eigenvalue weighted by Crippen LogP contribution is -2.08. The van der Waals surface area contributed by atoms with Gasteiger partial charge in [0, 0.05) is 11.1 Å². The van der Waals surface area contributed by atoms with Crippen molar-refractivity contribution in [2.24, 2.45) is 0 Å². The van der Waals surface area contributed by atoms with Gasteiger partial charge in [0.2, 0.25) is 0 Å². The molecule has 1 unspecified atom stereocenters. The van der Waals surface area contributed by atoms with Gasteiger partial charge >= 0.3 is 5.97 Å². The van der Waals surface area contributed by atoms with Crippen molar-refractivity contribution in [3.05, 3.63) is 53.1 Å². The van der Waals surface area contributed by atoms with Gasteiger partial charge in [0.05, 0.1) is 22.2 Å². The molecule has 6 heteroatoms. The molecule has 0 aliphatic heterocycles. The van der Waals surface area contributed by atoms with Gasteiger partial charge in [-0.15, -0.1) is 0 Å². The largest absolute Gasteiger partial charge is 0.478 e. The molecule has 5 nitrogen and oxygen atoms in total. The van der Waals surface area contributed by atoms with Gasteiger partial charge in [-0.1, -0.05) is 6.07 Å². The summed E-state index contributed by atoms with van der Waals surface area (Å²) in [5.74, 6) is -1.01. The van der Waals surface area contributed by atoms with Crippen molar-refractivity contribution in [2.75, 3.05) is 0 Å². The summed E-state index contributed by atoms with van der Waals surface area (Å²) >= 11 is 0. The average Bonchev–Trinajstić information content (AvgIpc) is 2.94. The molecule has 1 aliphatic rings. The first-order chi connectivity index (χ1) is 10.1. The Labute approximate surface area is 124 Å². The van der Waals surface area contributed by atoms with Crippen LogP contribution in [0.2, 0.25) is 0 Å². The molecule has 1 N–H and O–H groups in total. The van der Waals surface area contributed by atoms with Gasteiger partial charge in [-0.25, -0.2) is 14.8 Å². The maximum absolute atomic E-state index is 12.4. The normalized spacial score (nSPS) is 14.7. The summed E-state index contributed by atoms with van der Waals surface area (Å²) < 4.78 is 12.4. The monoisotopic (exact) mass is 302 g/mol. The van der Waals surface area contributed by atoms with Crippen LogP contribution in [-0.2, 0) is 29.4 Å². The fourth-order valence-corrected chi connectivity index (χ4v) is 3.68. The van der Waals surface area contributed by atoms with Crippen LogP contribution < -0.4 is 0 Å². The third kappa shape index (κ3) is 2.85. The smallest absolute Gasteiger partial charge is 0.339 e. The summed E-state index contributed by atoms with van der Waals surface area (Å²) in [6, 6.07) is 5.86. The van der Waals surface area contributed by atoms with Crippen LogP contribution in [0.3, 0.4) is 0 Å². The lowest BCUT2D eigenvalue weighted by atomic mass is 10.1. The van der Waals surface area contributed by atoms with Crippen LogP contribution in [0.1, 0.15) is 33.6 Å². The van der Waals surface area contributed by atoms with Crippen LogP contribution in [-0.4, -0.2) is 25.3 Å². The van der Waals surface area contributed by atoms with Crippen molar-refractivity contribution >= 4 is 16.8 Å². The Bertz CT molecular complexity index is 731. The zero-order valence-electron chi connectivity index (χ0n) is 11.3. The van der Waals surface area contributed by atoms with Crippen molar-refractivity contribution in [2.45, 2.75) is 29.9 Å². The first-order valence-electron chi connectivity index (χ1n) is 6.67. The first-order valence-corrected chi connectivity index (χ1v) is 7.99. The van der Waals surface area contributed by atoms with Crippen LogP contribution in [0.25, 0.3) is 0 Å². The van der Waals surface area contributed by atoms with E-state index in [2.05, 4.69) is 9.97 Å². The maximum Gasteiger partial charge on any atom is 0.339 e. The number of hydrogen-bond donors (Lipinski definition) is 1. The molecule has 0 spiro atoms. The zero-order valence-corrected chi connectivity index (χ0v) is 12.1. The highest BCUT2D eigenvalue weighted by Gasteiger charge is 2.17. The van der Waals surface area contributed by atoms with E-state index in [1.165, 1.54) is 23.7 Å². The molecule has 0 amide bonds. The third-order valence-corrected chi connectivity index (χ3v) is 4.94. The van der Waals surface area contributed by atoms with Crippen LogP contribution in [0.4, 0.5) is 0 Å². The van der Waals surface area contributed by atoms with E-state index in [1.54, 1.807) is 0 Å². The molecule has 0 saturated carbocycles. The van der Waals surface area contributed by atoms with E-state index in [4.69, 9.17) is 5.11 Å². The van der Waals surface area contributed by atoms with Crippen molar-refractivity contribution in [3.8, 4) is 0 Å². The SMILES string of the molecule is O=C(O)c1cncnc1CS(=O)c1ccc2c(c1)CCC2. The molecule has 21 heavy (non-hydrogen) atoms. The number of benzene rings is 1. The van der Waals surface area contributed by atoms with E-state index in [-0.39, 0.29) is 11.3 Å². The van der Waals surface area contributed by atoms with Gasteiger partial charge in [0.1, 0.15) is 11.9 Å². The molecule has 0 saturated heterocycles. The van der Waals surface area contributed by atoms with Gasteiger partial charge in [-0.2, -0.15) is 0 Å². The standard InChI is InChI=1S/C15H14N2O3S/c18-15(19)13-7-16-9-17-14(13)8-21(20)12-5-4-10-2-1-3-11(10)6-12/h4-7,9H,1-3,8H2,(H,18,19). The molecule has 0 radical (unpaired) electrons. The van der Waals surface area contributed by atoms with E-state index in [1.807, 2.05) is 18.2 Å². The van der Waals surface area contributed by atoms with E-state index >= 15 is 0 Å². The van der Waals surface area contributed by atoms with Gasteiger partial charge in [-0.05, 0) is 42.5 Å². The Balaban J connectivity index is 1.85. The molecule has 0 bridgehead atoms. The molecule has 2 aromatic rings. The number of nitrogens with zero attached hydrogens (tertiary/aromatic N) is 2. The fraction of sp³-hybridized carbons (Fsp3) is 0.267. The van der Waals surface area contributed by atoms with Crippen LogP contribution >= 0.6 is 0 Å². The molecule has 1 aromatic heterocycles. The van der Waals surface area contributed by atoms with Gasteiger partial charge < -0.3 is 5.11 Å². The lowest BCUT2D eigenvalue weighted by molar-refractivity contribution is 0.0695. The van der Waals surface area contributed by atoms with Crippen molar-refractivity contribution in [1.29, 1.82) is 0 Å². The Kier molecular flexibility index (Phi) is 3.79. The highest BCUT2D eigenvalue weighted by molar-refractivity contribution is 7.84. The van der Waals surface area contributed by atoms with E-state index in [9.17, 15) is 9.00 Å². The Morgan fingerprint density at radius 3 is 2.90 bits per heavy atom. The summed E-state index contributed by atoms with van der Waals surface area (Å²) in [7, 11) is -1.31. The van der Waals surface area contributed by atoms with E-state index in [0.717, 1.165) is 24.2 Å². The second kappa shape index (κ2) is 5.73. The summed E-state index contributed by atoms with van der Waals surface area (Å²) in [5, 5.41) is 9.10. The highest BCUT2D eigenvalue weighted by atomic mass is 32.2. The minimum atomic E-state index is -1.31. The van der Waals surface area contributed by atoms with E-state index < -0.39 is 16.8 Å². The number of hydrogen-bond acceptors (Lipinski definition) is 4. The molecule has 0 fully saturated rings. The quantitative estimate of drug-likeness (QED) is 0.934. The second-order valence-electron chi connectivity index (χ2n) is 4.96. The molecule has 1 aromatic carbocycles. The second-order valence-corrected chi connectivity index (χ2v) is 6.41. The summed E-state index contributed by atoms with van der Waals surface area (Å²) in [6.45, 7) is 0. The lowest BCUT2D eigenvalue weighted by Gasteiger charge is -2.06. The van der Waals surface area contributed by atoms with E-state index in [0.29, 0.717) is 5.69 Å². The number of carboxylic acids is 1. The Morgan fingerprint density at radius 2 is 2.10 bits per heavy atom. The minimum Gasteiger partial charge on any atom is -0.478 e. The summed E-state index contributed by atoms with van der Waals surface area (Å²) in [4.78, 5) is 19.5. The minimum absolute atomic E-state index is 0.00649. The number of carboxylic acid groups (broad SMARTS) is 1. The molecular formula is C15H14N2O3S.